The van der Waals surface area contributed by atoms with Crippen LogP contribution in [0.2, 0.25) is 0 Å². The first-order chi connectivity index (χ1) is 10.6. The highest BCUT2D eigenvalue weighted by molar-refractivity contribution is 6.00. The van der Waals surface area contributed by atoms with Gasteiger partial charge >= 0.3 is 5.69 Å². The molecule has 0 fully saturated rings. The SMILES string of the molecule is O=C(Nc1ccc(F)cn1)c1nn(-c2ccccc2)c(=O)[nH]1. The van der Waals surface area contributed by atoms with Gasteiger partial charge in [0.1, 0.15) is 11.6 Å². The van der Waals surface area contributed by atoms with Crippen LogP contribution in [0.4, 0.5) is 10.2 Å². The second kappa shape index (κ2) is 5.60. The minimum Gasteiger partial charge on any atom is -0.304 e. The first-order valence-electron chi connectivity index (χ1n) is 6.31. The molecule has 0 aliphatic carbocycles. The smallest absolute Gasteiger partial charge is 0.304 e. The molecule has 1 aromatic carbocycles. The van der Waals surface area contributed by atoms with E-state index in [1.54, 1.807) is 30.3 Å². The molecule has 2 N–H and O–H groups in total. The fraction of sp³-hybridized carbons (Fsp3) is 0. The van der Waals surface area contributed by atoms with Gasteiger partial charge in [-0.2, -0.15) is 4.68 Å². The van der Waals surface area contributed by atoms with Crippen LogP contribution in [0.15, 0.2) is 53.5 Å². The van der Waals surface area contributed by atoms with Crippen molar-refractivity contribution in [2.45, 2.75) is 0 Å². The highest BCUT2D eigenvalue weighted by atomic mass is 19.1. The van der Waals surface area contributed by atoms with Crippen LogP contribution in [-0.4, -0.2) is 25.7 Å². The Morgan fingerprint density at radius 3 is 2.64 bits per heavy atom. The maximum atomic E-state index is 12.8. The third-order valence-corrected chi connectivity index (χ3v) is 2.80. The molecule has 22 heavy (non-hydrogen) atoms. The molecule has 0 atom stereocenters. The van der Waals surface area contributed by atoms with Gasteiger partial charge in [-0.25, -0.2) is 14.2 Å². The van der Waals surface area contributed by atoms with E-state index in [1.807, 2.05) is 0 Å². The molecule has 0 unspecified atom stereocenters. The average molecular weight is 299 g/mol. The molecule has 0 radical (unpaired) electrons. The molecule has 2 heterocycles. The van der Waals surface area contributed by atoms with Crippen molar-refractivity contribution in [2.24, 2.45) is 0 Å². The Morgan fingerprint density at radius 1 is 1.18 bits per heavy atom. The molecule has 8 heteroatoms. The monoisotopic (exact) mass is 299 g/mol. The highest BCUT2D eigenvalue weighted by Crippen LogP contribution is 2.06. The van der Waals surface area contributed by atoms with Crippen LogP contribution < -0.4 is 11.0 Å². The van der Waals surface area contributed by atoms with Crippen molar-refractivity contribution in [3.8, 4) is 5.69 Å². The average Bonchev–Trinajstić information content (AvgIpc) is 2.92. The standard InChI is InChI=1S/C14H10FN5O2/c15-9-6-7-11(16-8-9)17-13(21)12-18-14(22)20(19-12)10-4-2-1-3-5-10/h1-8H,(H,16,17,21)(H,18,19,22). The Labute approximate surface area is 123 Å². The Kier molecular flexibility index (Phi) is 3.48. The lowest BCUT2D eigenvalue weighted by Gasteiger charge is -2.01. The molecule has 0 aliphatic rings. The second-order valence-electron chi connectivity index (χ2n) is 4.34. The number of halogens is 1. The summed E-state index contributed by atoms with van der Waals surface area (Å²) < 4.78 is 13.8. The van der Waals surface area contributed by atoms with Gasteiger partial charge in [-0.1, -0.05) is 18.2 Å². The fourth-order valence-corrected chi connectivity index (χ4v) is 1.80. The third kappa shape index (κ3) is 2.75. The number of aromatic amines is 1. The van der Waals surface area contributed by atoms with E-state index in [9.17, 15) is 14.0 Å². The normalized spacial score (nSPS) is 10.4. The predicted octanol–water partition coefficient (Wildman–Crippen LogP) is 1.35. The number of H-pyrrole nitrogens is 1. The summed E-state index contributed by atoms with van der Waals surface area (Å²) in [6.45, 7) is 0. The molecule has 0 saturated carbocycles. The topological polar surface area (TPSA) is 92.7 Å². The van der Waals surface area contributed by atoms with Gasteiger partial charge in [0.2, 0.25) is 5.82 Å². The van der Waals surface area contributed by atoms with Crippen LogP contribution in [0.25, 0.3) is 5.69 Å². The zero-order valence-electron chi connectivity index (χ0n) is 11.2. The number of aromatic nitrogens is 4. The summed E-state index contributed by atoms with van der Waals surface area (Å²) in [6, 6.07) is 11.1. The number of hydrogen-bond donors (Lipinski definition) is 2. The molecule has 3 rings (SSSR count). The lowest BCUT2D eigenvalue weighted by Crippen LogP contribution is -2.16. The van der Waals surface area contributed by atoms with E-state index < -0.39 is 17.4 Å². The van der Waals surface area contributed by atoms with E-state index in [2.05, 4.69) is 20.4 Å². The summed E-state index contributed by atoms with van der Waals surface area (Å²) >= 11 is 0. The lowest BCUT2D eigenvalue weighted by molar-refractivity contribution is 0.101. The van der Waals surface area contributed by atoms with Crippen molar-refractivity contribution >= 4 is 11.7 Å². The lowest BCUT2D eigenvalue weighted by atomic mass is 10.3. The molecule has 0 saturated heterocycles. The van der Waals surface area contributed by atoms with E-state index in [0.29, 0.717) is 5.69 Å². The Bertz CT molecular complexity index is 855. The van der Waals surface area contributed by atoms with Gasteiger partial charge in [-0.3, -0.25) is 9.78 Å². The molecule has 110 valence electrons. The number of pyridine rings is 1. The molecule has 0 bridgehead atoms. The van der Waals surface area contributed by atoms with Crippen LogP contribution >= 0.6 is 0 Å². The van der Waals surface area contributed by atoms with E-state index in [0.717, 1.165) is 16.9 Å². The van der Waals surface area contributed by atoms with Crippen molar-refractivity contribution in [3.05, 3.63) is 70.8 Å². The Hall–Kier alpha value is -3.29. The summed E-state index contributed by atoms with van der Waals surface area (Å²) in [4.78, 5) is 29.9. The number of anilines is 1. The first-order valence-corrected chi connectivity index (χ1v) is 6.31. The summed E-state index contributed by atoms with van der Waals surface area (Å²) in [5.74, 6) is -1.17. The number of carbonyl (C=O) groups is 1. The predicted molar refractivity (Wildman–Crippen MR) is 76.3 cm³/mol. The summed E-state index contributed by atoms with van der Waals surface area (Å²) in [5.41, 5.74) is -0.00822. The zero-order chi connectivity index (χ0) is 15.5. The summed E-state index contributed by atoms with van der Waals surface area (Å²) in [5, 5.41) is 6.34. The molecule has 0 aliphatic heterocycles. The summed E-state index contributed by atoms with van der Waals surface area (Å²) in [7, 11) is 0. The van der Waals surface area contributed by atoms with Crippen LogP contribution in [0.1, 0.15) is 10.6 Å². The van der Waals surface area contributed by atoms with Crippen LogP contribution in [0.5, 0.6) is 0 Å². The molecule has 3 aromatic rings. The molecule has 2 aromatic heterocycles. The number of para-hydroxylation sites is 1. The van der Waals surface area contributed by atoms with E-state index in [1.165, 1.54) is 6.07 Å². The molecular formula is C14H10FN5O2. The Balaban J connectivity index is 1.85. The first kappa shape index (κ1) is 13.7. The minimum atomic E-state index is -0.647. The van der Waals surface area contributed by atoms with Crippen molar-refractivity contribution in [3.63, 3.8) is 0 Å². The van der Waals surface area contributed by atoms with Crippen LogP contribution in [0, 0.1) is 5.82 Å². The van der Waals surface area contributed by atoms with Crippen LogP contribution in [0.3, 0.4) is 0 Å². The molecule has 7 nitrogen and oxygen atoms in total. The quantitative estimate of drug-likeness (QED) is 0.763. The van der Waals surface area contributed by atoms with Crippen molar-refractivity contribution in [1.82, 2.24) is 19.7 Å². The molecular weight excluding hydrogens is 289 g/mol. The van der Waals surface area contributed by atoms with Gasteiger partial charge in [0.15, 0.2) is 0 Å². The molecule has 1 amide bonds. The zero-order valence-corrected chi connectivity index (χ0v) is 11.2. The van der Waals surface area contributed by atoms with Gasteiger partial charge in [-0.05, 0) is 24.3 Å². The van der Waals surface area contributed by atoms with Gasteiger partial charge in [-0.15, -0.1) is 5.10 Å². The minimum absolute atomic E-state index is 0.154. The Morgan fingerprint density at radius 2 is 1.95 bits per heavy atom. The third-order valence-electron chi connectivity index (χ3n) is 2.80. The number of hydrogen-bond acceptors (Lipinski definition) is 4. The van der Waals surface area contributed by atoms with E-state index in [4.69, 9.17) is 0 Å². The number of benzene rings is 1. The fourth-order valence-electron chi connectivity index (χ4n) is 1.80. The maximum Gasteiger partial charge on any atom is 0.348 e. The van der Waals surface area contributed by atoms with E-state index >= 15 is 0 Å². The maximum absolute atomic E-state index is 12.8. The highest BCUT2D eigenvalue weighted by Gasteiger charge is 2.14. The number of carbonyl (C=O) groups excluding carboxylic acids is 1. The molecule has 0 spiro atoms. The van der Waals surface area contributed by atoms with Crippen molar-refractivity contribution in [2.75, 3.05) is 5.32 Å². The van der Waals surface area contributed by atoms with Gasteiger partial charge in [0.05, 0.1) is 11.9 Å². The van der Waals surface area contributed by atoms with Crippen LogP contribution in [-0.2, 0) is 0 Å². The largest absolute Gasteiger partial charge is 0.348 e. The number of nitrogens with zero attached hydrogens (tertiary/aromatic N) is 3. The van der Waals surface area contributed by atoms with Gasteiger partial charge < -0.3 is 5.32 Å². The van der Waals surface area contributed by atoms with Crippen molar-refractivity contribution < 1.29 is 9.18 Å². The second-order valence-corrected chi connectivity index (χ2v) is 4.34. The van der Waals surface area contributed by atoms with Gasteiger partial charge in [0, 0.05) is 0 Å². The number of rotatable bonds is 3. The van der Waals surface area contributed by atoms with E-state index in [-0.39, 0.29) is 11.6 Å². The van der Waals surface area contributed by atoms with Crippen molar-refractivity contribution in [1.29, 1.82) is 0 Å². The number of amides is 1. The van der Waals surface area contributed by atoms with Gasteiger partial charge in [0.25, 0.3) is 5.91 Å². The number of nitrogens with one attached hydrogen (secondary N) is 2. The summed E-state index contributed by atoms with van der Waals surface area (Å²) in [6.07, 6.45) is 0.973.